The Morgan fingerprint density at radius 3 is 2.77 bits per heavy atom. The number of aliphatic imine (C=N–C) groups is 1. The van der Waals surface area contributed by atoms with Gasteiger partial charge in [-0.05, 0) is 37.2 Å². The monoisotopic (exact) mass is 361 g/mol. The molecule has 0 aromatic heterocycles. The predicted molar refractivity (Wildman–Crippen MR) is 107 cm³/mol. The third kappa shape index (κ3) is 7.34. The van der Waals surface area contributed by atoms with E-state index in [-0.39, 0.29) is 0 Å². The van der Waals surface area contributed by atoms with Crippen molar-refractivity contribution in [3.63, 3.8) is 0 Å². The fraction of sp³-hybridized carbons (Fsp3) is 0.667. The van der Waals surface area contributed by atoms with Gasteiger partial charge in [-0.25, -0.2) is 0 Å². The van der Waals surface area contributed by atoms with E-state index in [0.717, 1.165) is 32.0 Å². The molecule has 2 unspecified atom stereocenters. The van der Waals surface area contributed by atoms with Crippen LogP contribution in [0.1, 0.15) is 32.8 Å². The van der Waals surface area contributed by atoms with Gasteiger partial charge in [0.15, 0.2) is 5.96 Å². The van der Waals surface area contributed by atoms with Gasteiger partial charge in [-0.1, -0.05) is 44.2 Å². The van der Waals surface area contributed by atoms with Crippen LogP contribution in [-0.4, -0.2) is 61.5 Å². The van der Waals surface area contributed by atoms with Gasteiger partial charge < -0.3 is 20.1 Å². The van der Waals surface area contributed by atoms with Gasteiger partial charge in [0.1, 0.15) is 0 Å². The Labute approximate surface area is 158 Å². The van der Waals surface area contributed by atoms with Crippen molar-refractivity contribution in [3.05, 3.63) is 35.9 Å². The number of likely N-dealkylation sites (tertiary alicyclic amines) is 1. The molecule has 0 radical (unpaired) electrons. The summed E-state index contributed by atoms with van der Waals surface area (Å²) in [5.74, 6) is 2.04. The third-order valence-electron chi connectivity index (χ3n) is 4.50. The van der Waals surface area contributed by atoms with E-state index in [0.29, 0.717) is 31.6 Å². The number of aliphatic hydroxyl groups excluding tert-OH is 1. The van der Waals surface area contributed by atoms with Crippen LogP contribution < -0.4 is 5.32 Å². The molecule has 1 saturated heterocycles. The molecule has 1 aliphatic heterocycles. The highest BCUT2D eigenvalue weighted by Gasteiger charge is 2.25. The molecule has 146 valence electrons. The van der Waals surface area contributed by atoms with E-state index in [4.69, 9.17) is 4.74 Å². The Bertz CT molecular complexity index is 533. The number of nitrogens with one attached hydrogen (secondary N) is 1. The standard InChI is InChI=1S/C21H35N3O2/c1-4-22-21(23-13-20(25)16-26-15-17(2)3)24-11-10-19(14-24)12-18-8-6-5-7-9-18/h5-9,17,19-20,25H,4,10-16H2,1-3H3,(H,22,23). The molecule has 2 rings (SSSR count). The lowest BCUT2D eigenvalue weighted by atomic mass is 9.99. The second-order valence-electron chi connectivity index (χ2n) is 7.57. The molecular weight excluding hydrogens is 326 g/mol. The Hall–Kier alpha value is -1.59. The van der Waals surface area contributed by atoms with Gasteiger partial charge in [-0.15, -0.1) is 0 Å². The summed E-state index contributed by atoms with van der Waals surface area (Å²) in [6.45, 7) is 10.5. The molecular formula is C21H35N3O2. The average molecular weight is 362 g/mol. The molecule has 0 spiro atoms. The molecule has 5 heteroatoms. The number of hydrogen-bond donors (Lipinski definition) is 2. The van der Waals surface area contributed by atoms with Crippen molar-refractivity contribution in [2.45, 2.75) is 39.7 Å². The van der Waals surface area contributed by atoms with Crippen molar-refractivity contribution in [1.29, 1.82) is 0 Å². The van der Waals surface area contributed by atoms with Gasteiger partial charge in [0, 0.05) is 26.2 Å². The van der Waals surface area contributed by atoms with Gasteiger partial charge in [-0.3, -0.25) is 4.99 Å². The maximum Gasteiger partial charge on any atom is 0.194 e. The quantitative estimate of drug-likeness (QED) is 0.524. The molecule has 1 fully saturated rings. The van der Waals surface area contributed by atoms with Crippen LogP contribution in [0.15, 0.2) is 35.3 Å². The minimum Gasteiger partial charge on any atom is -0.389 e. The van der Waals surface area contributed by atoms with E-state index in [1.165, 1.54) is 12.0 Å². The van der Waals surface area contributed by atoms with Crippen molar-refractivity contribution in [2.75, 3.05) is 39.4 Å². The summed E-state index contributed by atoms with van der Waals surface area (Å²) < 4.78 is 5.50. The number of benzene rings is 1. The number of guanidine groups is 1. The number of rotatable bonds is 9. The van der Waals surface area contributed by atoms with Crippen LogP contribution in [0.3, 0.4) is 0 Å². The molecule has 0 aliphatic carbocycles. The van der Waals surface area contributed by atoms with Crippen molar-refractivity contribution in [3.8, 4) is 0 Å². The van der Waals surface area contributed by atoms with Gasteiger partial charge in [-0.2, -0.15) is 0 Å². The van der Waals surface area contributed by atoms with Crippen LogP contribution in [-0.2, 0) is 11.2 Å². The summed E-state index contributed by atoms with van der Waals surface area (Å²) in [5, 5.41) is 13.5. The second kappa shape index (κ2) is 11.2. The van der Waals surface area contributed by atoms with Crippen LogP contribution in [0.4, 0.5) is 0 Å². The summed E-state index contributed by atoms with van der Waals surface area (Å²) in [7, 11) is 0. The van der Waals surface area contributed by atoms with Crippen LogP contribution in [0.2, 0.25) is 0 Å². The zero-order chi connectivity index (χ0) is 18.8. The Morgan fingerprint density at radius 1 is 1.31 bits per heavy atom. The van der Waals surface area contributed by atoms with E-state index >= 15 is 0 Å². The number of aliphatic hydroxyl groups is 1. The van der Waals surface area contributed by atoms with E-state index in [1.54, 1.807) is 0 Å². The largest absolute Gasteiger partial charge is 0.389 e. The van der Waals surface area contributed by atoms with Crippen LogP contribution in [0, 0.1) is 11.8 Å². The summed E-state index contributed by atoms with van der Waals surface area (Å²) in [6, 6.07) is 10.7. The highest BCUT2D eigenvalue weighted by atomic mass is 16.5. The molecule has 0 bridgehead atoms. The maximum absolute atomic E-state index is 10.1. The predicted octanol–water partition coefficient (Wildman–Crippen LogP) is 2.55. The molecule has 1 aliphatic rings. The fourth-order valence-corrected chi connectivity index (χ4v) is 3.25. The number of hydrogen-bond acceptors (Lipinski definition) is 3. The van der Waals surface area contributed by atoms with Crippen LogP contribution in [0.5, 0.6) is 0 Å². The first-order valence-electron chi connectivity index (χ1n) is 9.91. The average Bonchev–Trinajstić information content (AvgIpc) is 3.07. The minimum atomic E-state index is -0.551. The molecule has 1 heterocycles. The molecule has 1 aromatic carbocycles. The zero-order valence-corrected chi connectivity index (χ0v) is 16.5. The molecule has 0 amide bonds. The fourth-order valence-electron chi connectivity index (χ4n) is 3.25. The lowest BCUT2D eigenvalue weighted by Gasteiger charge is -2.22. The van der Waals surface area contributed by atoms with Crippen LogP contribution >= 0.6 is 0 Å². The molecule has 0 saturated carbocycles. The minimum absolute atomic E-state index is 0.345. The van der Waals surface area contributed by atoms with Crippen molar-refractivity contribution < 1.29 is 9.84 Å². The molecule has 2 N–H and O–H groups in total. The van der Waals surface area contributed by atoms with Gasteiger partial charge >= 0.3 is 0 Å². The number of nitrogens with zero attached hydrogens (tertiary/aromatic N) is 2. The topological polar surface area (TPSA) is 57.1 Å². The first-order valence-corrected chi connectivity index (χ1v) is 9.91. The van der Waals surface area contributed by atoms with Gasteiger partial charge in [0.25, 0.3) is 0 Å². The van der Waals surface area contributed by atoms with E-state index < -0.39 is 6.10 Å². The smallest absolute Gasteiger partial charge is 0.194 e. The van der Waals surface area contributed by atoms with Crippen molar-refractivity contribution >= 4 is 5.96 Å². The highest BCUT2D eigenvalue weighted by Crippen LogP contribution is 2.20. The Balaban J connectivity index is 1.82. The zero-order valence-electron chi connectivity index (χ0n) is 16.5. The summed E-state index contributed by atoms with van der Waals surface area (Å²) in [5.41, 5.74) is 1.40. The van der Waals surface area contributed by atoms with E-state index in [9.17, 15) is 5.11 Å². The summed E-state index contributed by atoms with van der Waals surface area (Å²) in [4.78, 5) is 6.95. The van der Waals surface area contributed by atoms with Gasteiger partial charge in [0.05, 0.1) is 19.3 Å². The molecule has 2 atom stereocenters. The summed E-state index contributed by atoms with van der Waals surface area (Å²) >= 11 is 0. The van der Waals surface area contributed by atoms with Crippen LogP contribution in [0.25, 0.3) is 0 Å². The molecule has 5 nitrogen and oxygen atoms in total. The lowest BCUT2D eigenvalue weighted by molar-refractivity contribution is 0.0300. The Morgan fingerprint density at radius 2 is 2.08 bits per heavy atom. The third-order valence-corrected chi connectivity index (χ3v) is 4.50. The Kier molecular flexibility index (Phi) is 8.92. The first-order chi connectivity index (χ1) is 12.6. The molecule has 26 heavy (non-hydrogen) atoms. The molecule has 1 aromatic rings. The van der Waals surface area contributed by atoms with Gasteiger partial charge in [0.2, 0.25) is 0 Å². The lowest BCUT2D eigenvalue weighted by Crippen LogP contribution is -2.41. The van der Waals surface area contributed by atoms with E-state index in [1.807, 2.05) is 0 Å². The number of ether oxygens (including phenoxy) is 1. The highest BCUT2D eigenvalue weighted by molar-refractivity contribution is 5.80. The second-order valence-corrected chi connectivity index (χ2v) is 7.57. The normalized spacial score (nSPS) is 19.2. The summed E-state index contributed by atoms with van der Waals surface area (Å²) in [6.07, 6.45) is 1.74. The van der Waals surface area contributed by atoms with Crippen molar-refractivity contribution in [1.82, 2.24) is 10.2 Å². The van der Waals surface area contributed by atoms with Crippen molar-refractivity contribution in [2.24, 2.45) is 16.8 Å². The SMILES string of the molecule is CCNC(=NCC(O)COCC(C)C)N1CCC(Cc2ccccc2)C1. The first kappa shape index (κ1) is 20.7. The van der Waals surface area contributed by atoms with E-state index in [2.05, 4.69) is 66.3 Å². The maximum atomic E-state index is 10.1.